The lowest BCUT2D eigenvalue weighted by molar-refractivity contribution is 0.410. The van der Waals surface area contributed by atoms with Crippen molar-refractivity contribution >= 4 is 28.4 Å². The molecule has 1 aromatic rings. The zero-order chi connectivity index (χ0) is 19.2. The molecule has 1 aromatic carbocycles. The number of nitrogens with zero attached hydrogens (tertiary/aromatic N) is 1. The molecule has 2 N–H and O–H groups in total. The zero-order valence-corrected chi connectivity index (χ0v) is 17.9. The second-order valence-corrected chi connectivity index (χ2v) is 10.1. The van der Waals surface area contributed by atoms with Crippen molar-refractivity contribution in [3.05, 3.63) is 34.9 Å². The Labute approximate surface area is 165 Å². The van der Waals surface area contributed by atoms with Crippen LogP contribution in [-0.2, 0) is 16.2 Å². The van der Waals surface area contributed by atoms with Gasteiger partial charge in [-0.1, -0.05) is 50.9 Å². The maximum atomic E-state index is 12.1. The van der Waals surface area contributed by atoms with Gasteiger partial charge in [0.2, 0.25) is 0 Å². The average molecular weight is 398 g/mol. The van der Waals surface area contributed by atoms with Gasteiger partial charge in [0.15, 0.2) is 5.96 Å². The van der Waals surface area contributed by atoms with E-state index in [2.05, 4.69) is 41.6 Å². The number of rotatable bonds is 6. The lowest BCUT2D eigenvalue weighted by Crippen LogP contribution is -2.49. The Morgan fingerprint density at radius 3 is 2.62 bits per heavy atom. The molecule has 0 aliphatic heterocycles. The van der Waals surface area contributed by atoms with Crippen molar-refractivity contribution in [3.63, 3.8) is 0 Å². The lowest BCUT2D eigenvalue weighted by Gasteiger charge is -2.31. The zero-order valence-electron chi connectivity index (χ0n) is 16.3. The molecular weight excluding hydrogens is 366 g/mol. The summed E-state index contributed by atoms with van der Waals surface area (Å²) in [5.41, 5.74) is 1.20. The molecule has 0 amide bonds. The topological polar surface area (TPSA) is 53.5 Å². The highest BCUT2D eigenvalue weighted by Gasteiger charge is 2.27. The third-order valence-corrected chi connectivity index (χ3v) is 7.16. The number of halogens is 1. The van der Waals surface area contributed by atoms with E-state index < -0.39 is 10.8 Å². The van der Waals surface area contributed by atoms with Crippen molar-refractivity contribution < 1.29 is 4.21 Å². The first kappa shape index (κ1) is 21.2. The quantitative estimate of drug-likeness (QED) is 0.566. The minimum absolute atomic E-state index is 0.0407. The number of aliphatic imine (C=N–C) groups is 1. The largest absolute Gasteiger partial charge is 0.356 e. The summed E-state index contributed by atoms with van der Waals surface area (Å²) < 4.78 is 12.1. The Balaban J connectivity index is 1.91. The summed E-state index contributed by atoms with van der Waals surface area (Å²) in [6.45, 7) is 7.19. The van der Waals surface area contributed by atoms with E-state index in [1.807, 2.05) is 19.1 Å². The van der Waals surface area contributed by atoms with Gasteiger partial charge in [0.1, 0.15) is 0 Å². The predicted octanol–water partition coefficient (Wildman–Crippen LogP) is 3.86. The summed E-state index contributed by atoms with van der Waals surface area (Å²) in [7, 11) is 1.09. The van der Waals surface area contributed by atoms with E-state index in [0.29, 0.717) is 11.3 Å². The molecule has 2 rings (SSSR count). The van der Waals surface area contributed by atoms with Gasteiger partial charge in [-0.15, -0.1) is 0 Å². The Hall–Kier alpha value is -1.07. The molecule has 3 unspecified atom stereocenters. The minimum Gasteiger partial charge on any atom is -0.356 e. The van der Waals surface area contributed by atoms with Crippen molar-refractivity contribution in [2.45, 2.75) is 63.2 Å². The van der Waals surface area contributed by atoms with Crippen LogP contribution < -0.4 is 10.6 Å². The van der Waals surface area contributed by atoms with Crippen molar-refractivity contribution in [2.24, 2.45) is 4.99 Å². The first-order valence-corrected chi connectivity index (χ1v) is 11.2. The van der Waals surface area contributed by atoms with E-state index in [9.17, 15) is 4.21 Å². The third-order valence-electron chi connectivity index (χ3n) is 5.17. The highest BCUT2D eigenvalue weighted by molar-refractivity contribution is 7.85. The summed E-state index contributed by atoms with van der Waals surface area (Å²) >= 11 is 6.00. The first-order chi connectivity index (χ1) is 12.4. The van der Waals surface area contributed by atoms with Crippen LogP contribution in [0.3, 0.4) is 0 Å². The van der Waals surface area contributed by atoms with Gasteiger partial charge in [-0.3, -0.25) is 9.20 Å². The van der Waals surface area contributed by atoms with Crippen LogP contribution in [0.25, 0.3) is 0 Å². The Kier molecular flexibility index (Phi) is 7.96. The predicted molar refractivity (Wildman–Crippen MR) is 114 cm³/mol. The fraction of sp³-hybridized carbons (Fsp3) is 0.650. The van der Waals surface area contributed by atoms with Crippen LogP contribution in [0.2, 0.25) is 5.02 Å². The van der Waals surface area contributed by atoms with Crippen LogP contribution in [0.5, 0.6) is 0 Å². The van der Waals surface area contributed by atoms with Gasteiger partial charge in [0, 0.05) is 51.9 Å². The SMILES string of the molecule is CCS(=O)C1CCCC(NC(=NC)NCC(C)(C)c2ccc(Cl)cc2)C1. The van der Waals surface area contributed by atoms with Crippen molar-refractivity contribution in [2.75, 3.05) is 19.3 Å². The number of benzene rings is 1. The summed E-state index contributed by atoms with van der Waals surface area (Å²) in [5, 5.41) is 8.06. The van der Waals surface area contributed by atoms with Gasteiger partial charge < -0.3 is 10.6 Å². The van der Waals surface area contributed by atoms with Crippen LogP contribution in [0.15, 0.2) is 29.3 Å². The summed E-state index contributed by atoms with van der Waals surface area (Å²) in [4.78, 5) is 4.38. The molecule has 0 aromatic heterocycles. The van der Waals surface area contributed by atoms with E-state index in [1.165, 1.54) is 5.56 Å². The van der Waals surface area contributed by atoms with Gasteiger partial charge in [-0.25, -0.2) is 0 Å². The van der Waals surface area contributed by atoms with Gasteiger partial charge in [-0.05, 0) is 37.0 Å². The molecule has 4 nitrogen and oxygen atoms in total. The van der Waals surface area contributed by atoms with Crippen LogP contribution in [0, 0.1) is 0 Å². The number of hydrogen-bond acceptors (Lipinski definition) is 2. The van der Waals surface area contributed by atoms with Crippen LogP contribution in [-0.4, -0.2) is 40.8 Å². The van der Waals surface area contributed by atoms with Gasteiger partial charge >= 0.3 is 0 Å². The van der Waals surface area contributed by atoms with E-state index in [-0.39, 0.29) is 5.41 Å². The maximum Gasteiger partial charge on any atom is 0.191 e. The smallest absolute Gasteiger partial charge is 0.191 e. The molecule has 0 radical (unpaired) electrons. The summed E-state index contributed by atoms with van der Waals surface area (Å²) in [6.07, 6.45) is 4.27. The molecule has 1 aliphatic carbocycles. The molecule has 146 valence electrons. The first-order valence-electron chi connectivity index (χ1n) is 9.46. The van der Waals surface area contributed by atoms with Crippen LogP contribution in [0.4, 0.5) is 0 Å². The van der Waals surface area contributed by atoms with E-state index in [4.69, 9.17) is 11.6 Å². The van der Waals surface area contributed by atoms with Crippen molar-refractivity contribution in [1.82, 2.24) is 10.6 Å². The molecule has 6 heteroatoms. The fourth-order valence-corrected chi connectivity index (χ4v) is 4.92. The van der Waals surface area contributed by atoms with E-state index in [1.54, 1.807) is 7.05 Å². The van der Waals surface area contributed by atoms with Crippen LogP contribution >= 0.6 is 11.6 Å². The molecule has 1 saturated carbocycles. The highest BCUT2D eigenvalue weighted by atomic mass is 35.5. The minimum atomic E-state index is -0.707. The third kappa shape index (κ3) is 5.98. The molecule has 1 fully saturated rings. The number of nitrogens with one attached hydrogen (secondary N) is 2. The van der Waals surface area contributed by atoms with E-state index >= 15 is 0 Å². The molecule has 26 heavy (non-hydrogen) atoms. The molecule has 0 bridgehead atoms. The Morgan fingerprint density at radius 2 is 2.00 bits per heavy atom. The highest BCUT2D eigenvalue weighted by Crippen LogP contribution is 2.25. The van der Waals surface area contributed by atoms with E-state index in [0.717, 1.165) is 49.0 Å². The standard InChI is InChI=1S/C20H32ClN3OS/c1-5-26(25)18-8-6-7-17(13-18)24-19(22-4)23-14-20(2,3)15-9-11-16(21)12-10-15/h9-12,17-18H,5-8,13-14H2,1-4H3,(H2,22,23,24). The Morgan fingerprint density at radius 1 is 1.31 bits per heavy atom. The number of guanidine groups is 1. The van der Waals surface area contributed by atoms with Crippen molar-refractivity contribution in [3.8, 4) is 0 Å². The normalized spacial score (nSPS) is 22.7. The second kappa shape index (κ2) is 9.75. The summed E-state index contributed by atoms with van der Waals surface area (Å²) in [5.74, 6) is 1.57. The number of hydrogen-bond donors (Lipinski definition) is 2. The van der Waals surface area contributed by atoms with Gasteiger partial charge in [0.25, 0.3) is 0 Å². The Bertz CT molecular complexity index is 630. The average Bonchev–Trinajstić information content (AvgIpc) is 2.65. The van der Waals surface area contributed by atoms with Gasteiger partial charge in [0.05, 0.1) is 0 Å². The second-order valence-electron chi connectivity index (χ2n) is 7.62. The molecule has 0 spiro atoms. The molecule has 0 heterocycles. The fourth-order valence-electron chi connectivity index (χ4n) is 3.45. The monoisotopic (exact) mass is 397 g/mol. The molecule has 1 aliphatic rings. The molecule has 3 atom stereocenters. The molecule has 0 saturated heterocycles. The maximum absolute atomic E-state index is 12.1. The lowest BCUT2D eigenvalue weighted by atomic mass is 9.84. The molecular formula is C20H32ClN3OS. The summed E-state index contributed by atoms with van der Waals surface area (Å²) in [6, 6.07) is 8.36. The van der Waals surface area contributed by atoms with Crippen LogP contribution in [0.1, 0.15) is 52.0 Å². The van der Waals surface area contributed by atoms with Gasteiger partial charge in [-0.2, -0.15) is 0 Å². The van der Waals surface area contributed by atoms with Crippen molar-refractivity contribution in [1.29, 1.82) is 0 Å².